The molecular formula is C22H19N5O2S. The summed E-state index contributed by atoms with van der Waals surface area (Å²) in [5.41, 5.74) is 3.20. The third-order valence-corrected chi connectivity index (χ3v) is 6.16. The zero-order valence-corrected chi connectivity index (χ0v) is 16.8. The standard InChI is InChI=1S/C22H19N5O2S/c1-2-18(28)26-12-16(13-26)27-11-14(10-23-27)19-20(24-15-6-4-3-5-7-15)21-17(8-9-30-21)22(29)25-19/h2-11,16,24H,1,12-13H2,(H,25,29). The van der Waals surface area contributed by atoms with Crippen molar-refractivity contribution in [2.24, 2.45) is 0 Å². The molecule has 0 bridgehead atoms. The van der Waals surface area contributed by atoms with Crippen molar-refractivity contribution in [2.45, 2.75) is 6.04 Å². The lowest BCUT2D eigenvalue weighted by Gasteiger charge is -2.38. The fourth-order valence-electron chi connectivity index (χ4n) is 3.59. The number of benzene rings is 1. The van der Waals surface area contributed by atoms with Crippen LogP contribution in [0.3, 0.4) is 0 Å². The van der Waals surface area contributed by atoms with Crippen LogP contribution in [0.2, 0.25) is 0 Å². The second-order valence-electron chi connectivity index (χ2n) is 7.12. The van der Waals surface area contributed by atoms with Crippen LogP contribution in [-0.2, 0) is 4.79 Å². The van der Waals surface area contributed by atoms with E-state index in [1.807, 2.05) is 52.7 Å². The van der Waals surface area contributed by atoms with Crippen LogP contribution in [-0.4, -0.2) is 43.8 Å². The van der Waals surface area contributed by atoms with Gasteiger partial charge < -0.3 is 15.3 Å². The van der Waals surface area contributed by atoms with E-state index in [1.54, 1.807) is 22.4 Å². The summed E-state index contributed by atoms with van der Waals surface area (Å²) in [6.45, 7) is 4.73. The highest BCUT2D eigenvalue weighted by Crippen LogP contribution is 2.41. The van der Waals surface area contributed by atoms with E-state index in [0.29, 0.717) is 24.2 Å². The van der Waals surface area contributed by atoms with Crippen LogP contribution in [0.1, 0.15) is 6.04 Å². The number of rotatable bonds is 5. The van der Waals surface area contributed by atoms with Crippen LogP contribution in [0.25, 0.3) is 21.3 Å². The average molecular weight is 417 g/mol. The van der Waals surface area contributed by atoms with Crippen LogP contribution in [0, 0.1) is 0 Å². The van der Waals surface area contributed by atoms with E-state index in [2.05, 4.69) is 22.0 Å². The minimum atomic E-state index is -0.0669. The molecule has 8 heteroatoms. The van der Waals surface area contributed by atoms with Gasteiger partial charge in [0, 0.05) is 30.5 Å². The molecule has 0 aliphatic carbocycles. The summed E-state index contributed by atoms with van der Waals surface area (Å²) in [7, 11) is 0. The lowest BCUT2D eigenvalue weighted by Crippen LogP contribution is -2.50. The number of aromatic hydroxyl groups is 1. The largest absolute Gasteiger partial charge is 0.493 e. The lowest BCUT2D eigenvalue weighted by molar-refractivity contribution is -0.131. The maximum absolute atomic E-state index is 11.7. The van der Waals surface area contributed by atoms with Gasteiger partial charge in [0.05, 0.1) is 28.0 Å². The van der Waals surface area contributed by atoms with Crippen LogP contribution in [0.5, 0.6) is 5.88 Å². The Labute approximate surface area is 176 Å². The highest BCUT2D eigenvalue weighted by molar-refractivity contribution is 7.18. The number of hydrogen-bond acceptors (Lipinski definition) is 6. The maximum Gasteiger partial charge on any atom is 0.246 e. The first-order valence-electron chi connectivity index (χ1n) is 9.52. The smallest absolute Gasteiger partial charge is 0.246 e. The monoisotopic (exact) mass is 417 g/mol. The lowest BCUT2D eigenvalue weighted by atomic mass is 10.1. The van der Waals surface area contributed by atoms with Gasteiger partial charge in [-0.1, -0.05) is 24.8 Å². The van der Waals surface area contributed by atoms with Crippen molar-refractivity contribution in [3.05, 3.63) is 66.8 Å². The molecule has 1 aliphatic rings. The van der Waals surface area contributed by atoms with E-state index in [4.69, 9.17) is 0 Å². The molecular weight excluding hydrogens is 398 g/mol. The Balaban J connectivity index is 1.52. The highest BCUT2D eigenvalue weighted by Gasteiger charge is 2.31. The molecule has 0 atom stereocenters. The Morgan fingerprint density at radius 1 is 1.27 bits per heavy atom. The summed E-state index contributed by atoms with van der Waals surface area (Å²) >= 11 is 1.55. The van der Waals surface area contributed by atoms with Gasteiger partial charge in [-0.3, -0.25) is 9.48 Å². The molecule has 1 aliphatic heterocycles. The van der Waals surface area contributed by atoms with Gasteiger partial charge in [-0.15, -0.1) is 11.3 Å². The van der Waals surface area contributed by atoms with E-state index in [1.165, 1.54) is 6.08 Å². The first-order chi connectivity index (χ1) is 14.6. The zero-order valence-electron chi connectivity index (χ0n) is 16.0. The van der Waals surface area contributed by atoms with Crippen LogP contribution < -0.4 is 5.32 Å². The van der Waals surface area contributed by atoms with Gasteiger partial charge in [0.15, 0.2) is 0 Å². The first kappa shape index (κ1) is 18.4. The molecule has 1 aromatic carbocycles. The van der Waals surface area contributed by atoms with E-state index in [0.717, 1.165) is 21.6 Å². The van der Waals surface area contributed by atoms with Gasteiger partial charge in [0.2, 0.25) is 11.8 Å². The SMILES string of the molecule is C=CC(=O)N1CC(n2cc(-c3nc(O)c4ccsc4c3Nc3ccccc3)cn2)C1. The van der Waals surface area contributed by atoms with E-state index < -0.39 is 0 Å². The van der Waals surface area contributed by atoms with Crippen molar-refractivity contribution in [1.82, 2.24) is 19.7 Å². The molecule has 2 N–H and O–H groups in total. The average Bonchev–Trinajstić information content (AvgIpc) is 3.40. The second kappa shape index (κ2) is 7.31. The Bertz CT molecular complexity index is 1240. The fourth-order valence-corrected chi connectivity index (χ4v) is 4.48. The van der Waals surface area contributed by atoms with Crippen molar-refractivity contribution in [3.63, 3.8) is 0 Å². The van der Waals surface area contributed by atoms with Crippen molar-refractivity contribution < 1.29 is 9.90 Å². The number of nitrogens with zero attached hydrogens (tertiary/aromatic N) is 4. The number of likely N-dealkylation sites (tertiary alicyclic amines) is 1. The Kier molecular flexibility index (Phi) is 4.48. The number of amides is 1. The number of thiophene rings is 1. The van der Waals surface area contributed by atoms with Crippen LogP contribution in [0.4, 0.5) is 11.4 Å². The molecule has 1 saturated heterocycles. The summed E-state index contributed by atoms with van der Waals surface area (Å²) in [6.07, 6.45) is 4.99. The van der Waals surface area contributed by atoms with Crippen molar-refractivity contribution in [1.29, 1.82) is 0 Å². The van der Waals surface area contributed by atoms with Crippen molar-refractivity contribution >= 4 is 38.7 Å². The molecule has 4 heterocycles. The molecule has 0 spiro atoms. The van der Waals surface area contributed by atoms with Gasteiger partial charge >= 0.3 is 0 Å². The van der Waals surface area contributed by atoms with E-state index in [-0.39, 0.29) is 17.8 Å². The quantitative estimate of drug-likeness (QED) is 0.476. The fraction of sp³-hybridized carbons (Fsp3) is 0.136. The number of anilines is 2. The Morgan fingerprint density at radius 2 is 2.07 bits per heavy atom. The van der Waals surface area contributed by atoms with Gasteiger partial charge in [0.25, 0.3) is 0 Å². The topological polar surface area (TPSA) is 83.3 Å². The predicted octanol–water partition coefficient (Wildman–Crippen LogP) is 4.18. The number of hydrogen-bond donors (Lipinski definition) is 2. The number of nitrogens with one attached hydrogen (secondary N) is 1. The molecule has 30 heavy (non-hydrogen) atoms. The molecule has 7 nitrogen and oxygen atoms in total. The minimum Gasteiger partial charge on any atom is -0.493 e. The normalized spacial score (nSPS) is 13.9. The minimum absolute atomic E-state index is 0.000916. The van der Waals surface area contributed by atoms with Crippen molar-refractivity contribution in [2.75, 3.05) is 18.4 Å². The Morgan fingerprint density at radius 3 is 2.83 bits per heavy atom. The third kappa shape index (κ3) is 3.11. The maximum atomic E-state index is 11.7. The second-order valence-corrected chi connectivity index (χ2v) is 8.04. The van der Waals surface area contributed by atoms with E-state index in [9.17, 15) is 9.90 Å². The molecule has 3 aromatic heterocycles. The third-order valence-electron chi connectivity index (χ3n) is 5.23. The number of carbonyl (C=O) groups is 1. The number of carbonyl (C=O) groups excluding carboxylic acids is 1. The molecule has 0 unspecified atom stereocenters. The van der Waals surface area contributed by atoms with Gasteiger partial charge in [-0.05, 0) is 29.7 Å². The summed E-state index contributed by atoms with van der Waals surface area (Å²) in [6, 6.07) is 11.8. The molecule has 1 fully saturated rings. The van der Waals surface area contributed by atoms with Crippen LogP contribution in [0.15, 0.2) is 66.8 Å². The first-order valence-corrected chi connectivity index (χ1v) is 10.4. The Hall–Kier alpha value is -3.65. The molecule has 150 valence electrons. The number of pyridine rings is 1. The molecule has 4 aromatic rings. The molecule has 0 radical (unpaired) electrons. The molecule has 0 saturated carbocycles. The summed E-state index contributed by atoms with van der Waals surface area (Å²) in [4.78, 5) is 17.9. The number of para-hydroxylation sites is 1. The van der Waals surface area contributed by atoms with Crippen molar-refractivity contribution in [3.8, 4) is 17.1 Å². The predicted molar refractivity (Wildman–Crippen MR) is 118 cm³/mol. The molecule has 1 amide bonds. The zero-order chi connectivity index (χ0) is 20.7. The van der Waals surface area contributed by atoms with Crippen LogP contribution >= 0.6 is 11.3 Å². The summed E-state index contributed by atoms with van der Waals surface area (Å²) in [5, 5.41) is 21.1. The number of aromatic nitrogens is 3. The van der Waals surface area contributed by atoms with Gasteiger partial charge in [0.1, 0.15) is 5.69 Å². The number of fused-ring (bicyclic) bond motifs is 1. The van der Waals surface area contributed by atoms with E-state index >= 15 is 0 Å². The summed E-state index contributed by atoms with van der Waals surface area (Å²) < 4.78 is 2.78. The van der Waals surface area contributed by atoms with Gasteiger partial charge in [-0.25, -0.2) is 4.98 Å². The summed E-state index contributed by atoms with van der Waals surface area (Å²) in [5.74, 6) is -0.0678. The van der Waals surface area contributed by atoms with Gasteiger partial charge in [-0.2, -0.15) is 5.10 Å². The highest BCUT2D eigenvalue weighted by atomic mass is 32.1. The molecule has 5 rings (SSSR count).